The maximum atomic E-state index is 3.50. The highest BCUT2D eigenvalue weighted by Crippen LogP contribution is 2.41. The van der Waals surface area contributed by atoms with E-state index in [9.17, 15) is 0 Å². The molecule has 12 heavy (non-hydrogen) atoms. The van der Waals surface area contributed by atoms with Crippen LogP contribution in [0.3, 0.4) is 0 Å². The van der Waals surface area contributed by atoms with Gasteiger partial charge in [0.2, 0.25) is 0 Å². The van der Waals surface area contributed by atoms with Gasteiger partial charge in [0.15, 0.2) is 0 Å². The molecule has 1 aliphatic heterocycles. The lowest BCUT2D eigenvalue weighted by Crippen LogP contribution is -2.12. The van der Waals surface area contributed by atoms with Crippen LogP contribution in [0.2, 0.25) is 0 Å². The van der Waals surface area contributed by atoms with Crippen molar-refractivity contribution in [3.8, 4) is 0 Å². The van der Waals surface area contributed by atoms with Crippen LogP contribution in [-0.2, 0) is 0 Å². The second-order valence-corrected chi connectivity index (χ2v) is 5.15. The molecule has 3 atom stereocenters. The molecule has 0 amide bonds. The van der Waals surface area contributed by atoms with Crippen molar-refractivity contribution in [1.29, 1.82) is 0 Å². The molecule has 1 N–H and O–H groups in total. The molecule has 0 aromatic carbocycles. The van der Waals surface area contributed by atoms with E-state index in [0.717, 1.165) is 23.7 Å². The van der Waals surface area contributed by atoms with Crippen LogP contribution in [-0.4, -0.2) is 13.1 Å². The van der Waals surface area contributed by atoms with E-state index in [2.05, 4.69) is 19.2 Å². The lowest BCUT2D eigenvalue weighted by Gasteiger charge is -2.13. The normalized spacial score (nSPS) is 40.8. The molecule has 2 rings (SSSR count). The molecule has 1 unspecified atom stereocenters. The van der Waals surface area contributed by atoms with E-state index in [4.69, 9.17) is 0 Å². The molecule has 2 aliphatic rings. The minimum absolute atomic E-state index is 0.904. The summed E-state index contributed by atoms with van der Waals surface area (Å²) in [6.07, 6.45) is 4.48. The van der Waals surface area contributed by atoms with Gasteiger partial charge < -0.3 is 5.32 Å². The topological polar surface area (TPSA) is 12.0 Å². The number of nitrogens with one attached hydrogen (secondary N) is 1. The lowest BCUT2D eigenvalue weighted by atomic mass is 9.94. The van der Waals surface area contributed by atoms with Gasteiger partial charge in [-0.05, 0) is 56.0 Å². The summed E-state index contributed by atoms with van der Waals surface area (Å²) < 4.78 is 0. The Morgan fingerprint density at radius 3 is 2.25 bits per heavy atom. The zero-order valence-electron chi connectivity index (χ0n) is 8.34. The molecule has 0 aromatic rings. The molecular weight excluding hydrogens is 146 g/mol. The van der Waals surface area contributed by atoms with Crippen LogP contribution in [0, 0.1) is 23.7 Å². The van der Waals surface area contributed by atoms with Crippen LogP contribution in [0.1, 0.15) is 33.1 Å². The third kappa shape index (κ3) is 1.66. The van der Waals surface area contributed by atoms with Crippen molar-refractivity contribution in [2.24, 2.45) is 23.7 Å². The van der Waals surface area contributed by atoms with Crippen molar-refractivity contribution in [1.82, 2.24) is 5.32 Å². The van der Waals surface area contributed by atoms with Crippen LogP contribution in [0.4, 0.5) is 0 Å². The highest BCUT2D eigenvalue weighted by molar-refractivity contribution is 4.90. The number of hydrogen-bond acceptors (Lipinski definition) is 1. The van der Waals surface area contributed by atoms with Crippen LogP contribution < -0.4 is 5.32 Å². The summed E-state index contributed by atoms with van der Waals surface area (Å²) in [5.74, 6) is 4.03. The van der Waals surface area contributed by atoms with Gasteiger partial charge in [-0.25, -0.2) is 0 Å². The monoisotopic (exact) mass is 167 g/mol. The molecule has 0 radical (unpaired) electrons. The van der Waals surface area contributed by atoms with Crippen LogP contribution >= 0.6 is 0 Å². The Hall–Kier alpha value is -0.0400. The largest absolute Gasteiger partial charge is 0.316 e. The Labute approximate surface area is 75.9 Å². The van der Waals surface area contributed by atoms with E-state index < -0.39 is 0 Å². The Morgan fingerprint density at radius 1 is 1.17 bits per heavy atom. The summed E-state index contributed by atoms with van der Waals surface area (Å²) in [6, 6.07) is 0. The number of hydrogen-bond donors (Lipinski definition) is 1. The summed E-state index contributed by atoms with van der Waals surface area (Å²) in [6.45, 7) is 7.32. The van der Waals surface area contributed by atoms with E-state index in [-0.39, 0.29) is 0 Å². The zero-order chi connectivity index (χ0) is 8.55. The molecule has 0 spiro atoms. The molecule has 1 heteroatoms. The first kappa shape index (κ1) is 8.55. The molecule has 70 valence electrons. The summed E-state index contributed by atoms with van der Waals surface area (Å²) in [7, 11) is 0. The van der Waals surface area contributed by atoms with E-state index in [0.29, 0.717) is 0 Å². The fourth-order valence-corrected chi connectivity index (χ4v) is 3.15. The first-order chi connectivity index (χ1) is 5.75. The molecule has 1 saturated heterocycles. The van der Waals surface area contributed by atoms with Crippen molar-refractivity contribution in [2.75, 3.05) is 13.1 Å². The molecule has 1 nitrogen and oxygen atoms in total. The van der Waals surface area contributed by atoms with Gasteiger partial charge in [0.1, 0.15) is 0 Å². The smallest absolute Gasteiger partial charge is 0.00172 e. The average molecular weight is 167 g/mol. The maximum Gasteiger partial charge on any atom is -0.00172 e. The highest BCUT2D eigenvalue weighted by Gasteiger charge is 2.36. The van der Waals surface area contributed by atoms with Crippen LogP contribution in [0.25, 0.3) is 0 Å². The van der Waals surface area contributed by atoms with Crippen molar-refractivity contribution in [3.05, 3.63) is 0 Å². The SMILES string of the molecule is CC(C)CC1C[C@H]2CNC[C@H]2C1. The molecule has 0 bridgehead atoms. The van der Waals surface area contributed by atoms with Crippen molar-refractivity contribution in [3.63, 3.8) is 0 Å². The Morgan fingerprint density at radius 2 is 1.75 bits per heavy atom. The van der Waals surface area contributed by atoms with E-state index in [1.54, 1.807) is 0 Å². The van der Waals surface area contributed by atoms with E-state index >= 15 is 0 Å². The van der Waals surface area contributed by atoms with Gasteiger partial charge in [0.25, 0.3) is 0 Å². The molecule has 0 aromatic heterocycles. The Balaban J connectivity index is 1.82. The van der Waals surface area contributed by atoms with Gasteiger partial charge in [-0.1, -0.05) is 13.8 Å². The van der Waals surface area contributed by atoms with Gasteiger partial charge >= 0.3 is 0 Å². The predicted octanol–water partition coefficient (Wildman–Crippen LogP) is 2.28. The van der Waals surface area contributed by atoms with Gasteiger partial charge in [-0.2, -0.15) is 0 Å². The fourth-order valence-electron chi connectivity index (χ4n) is 3.15. The van der Waals surface area contributed by atoms with Crippen molar-refractivity contribution in [2.45, 2.75) is 33.1 Å². The number of rotatable bonds is 2. The summed E-state index contributed by atoms with van der Waals surface area (Å²) in [5.41, 5.74) is 0. The van der Waals surface area contributed by atoms with Gasteiger partial charge in [-0.3, -0.25) is 0 Å². The van der Waals surface area contributed by atoms with Gasteiger partial charge in [0.05, 0.1) is 0 Å². The van der Waals surface area contributed by atoms with Crippen molar-refractivity contribution >= 4 is 0 Å². The number of fused-ring (bicyclic) bond motifs is 1. The molecular formula is C11H21N. The predicted molar refractivity (Wildman–Crippen MR) is 52.0 cm³/mol. The molecule has 1 saturated carbocycles. The Bertz CT molecular complexity index is 141. The standard InChI is InChI=1S/C11H21N/c1-8(2)3-9-4-10-6-12-7-11(10)5-9/h8-12H,3-7H2,1-2H3/t9?,10-,11+. The lowest BCUT2D eigenvalue weighted by molar-refractivity contribution is 0.394. The van der Waals surface area contributed by atoms with E-state index in [1.807, 2.05) is 0 Å². The fraction of sp³-hybridized carbons (Fsp3) is 1.00. The molecule has 2 fully saturated rings. The quantitative estimate of drug-likeness (QED) is 0.665. The van der Waals surface area contributed by atoms with Crippen LogP contribution in [0.15, 0.2) is 0 Å². The van der Waals surface area contributed by atoms with E-state index in [1.165, 1.54) is 32.4 Å². The molecule has 1 heterocycles. The summed E-state index contributed by atoms with van der Waals surface area (Å²) in [5, 5.41) is 3.50. The third-order valence-corrected chi connectivity index (χ3v) is 3.56. The first-order valence-corrected chi connectivity index (χ1v) is 5.46. The minimum atomic E-state index is 0.904. The molecule has 1 aliphatic carbocycles. The summed E-state index contributed by atoms with van der Waals surface area (Å²) in [4.78, 5) is 0. The third-order valence-electron chi connectivity index (χ3n) is 3.56. The Kier molecular flexibility index (Phi) is 2.40. The first-order valence-electron chi connectivity index (χ1n) is 5.46. The summed E-state index contributed by atoms with van der Waals surface area (Å²) >= 11 is 0. The highest BCUT2D eigenvalue weighted by atomic mass is 14.9. The van der Waals surface area contributed by atoms with Crippen molar-refractivity contribution < 1.29 is 0 Å². The average Bonchev–Trinajstić information content (AvgIpc) is 2.43. The van der Waals surface area contributed by atoms with Gasteiger partial charge in [-0.15, -0.1) is 0 Å². The second kappa shape index (κ2) is 3.37. The van der Waals surface area contributed by atoms with Gasteiger partial charge in [0, 0.05) is 0 Å². The zero-order valence-corrected chi connectivity index (χ0v) is 8.34. The maximum absolute atomic E-state index is 3.50. The van der Waals surface area contributed by atoms with Crippen LogP contribution in [0.5, 0.6) is 0 Å². The second-order valence-electron chi connectivity index (χ2n) is 5.15. The minimum Gasteiger partial charge on any atom is -0.316 e.